The van der Waals surface area contributed by atoms with Crippen LogP contribution < -0.4 is 4.31 Å². The number of fused-ring (bicyclic) bond motifs is 1. The lowest BCUT2D eigenvalue weighted by Gasteiger charge is -2.31. The summed E-state index contributed by atoms with van der Waals surface area (Å²) in [5, 5.41) is 0. The standard InChI is InChI=1S/C23H28N2O3S/c1-17-10-12-20(13-11-17)24(2)29(27,28)21-8-5-7-19(16-21)23(26)25-15-14-18-6-3-4-9-22(18)25/h5,7-8,10-13,16,18,22H,3-4,6,9,14-15H2,1-2H3. The van der Waals surface area contributed by atoms with Crippen molar-refractivity contribution in [2.45, 2.75) is 50.0 Å². The summed E-state index contributed by atoms with van der Waals surface area (Å²) in [4.78, 5) is 15.3. The molecule has 1 aliphatic carbocycles. The number of likely N-dealkylation sites (tertiary alicyclic amines) is 1. The Bertz CT molecular complexity index is 1000. The molecule has 0 radical (unpaired) electrons. The molecule has 5 nitrogen and oxygen atoms in total. The third-order valence-electron chi connectivity index (χ3n) is 6.41. The fraction of sp³-hybridized carbons (Fsp3) is 0.435. The number of sulfonamides is 1. The van der Waals surface area contributed by atoms with Crippen LogP contribution in [0.1, 0.15) is 48.0 Å². The van der Waals surface area contributed by atoms with Crippen LogP contribution in [0.2, 0.25) is 0 Å². The quantitative estimate of drug-likeness (QED) is 0.755. The number of anilines is 1. The molecule has 0 bridgehead atoms. The molecule has 1 amide bonds. The SMILES string of the molecule is Cc1ccc(N(C)S(=O)(=O)c2cccc(C(=O)N3CCC4CCCCC43)c2)cc1. The topological polar surface area (TPSA) is 57.7 Å². The highest BCUT2D eigenvalue weighted by Gasteiger charge is 2.38. The van der Waals surface area contributed by atoms with Crippen LogP contribution in [0.4, 0.5) is 5.69 Å². The lowest BCUT2D eigenvalue weighted by molar-refractivity contribution is 0.0690. The van der Waals surface area contributed by atoms with Crippen molar-refractivity contribution in [1.82, 2.24) is 4.90 Å². The largest absolute Gasteiger partial charge is 0.335 e. The zero-order chi connectivity index (χ0) is 20.6. The van der Waals surface area contributed by atoms with Crippen LogP contribution in [0.25, 0.3) is 0 Å². The molecule has 2 aromatic carbocycles. The van der Waals surface area contributed by atoms with Crippen molar-refractivity contribution in [2.24, 2.45) is 5.92 Å². The zero-order valence-electron chi connectivity index (χ0n) is 17.0. The van der Waals surface area contributed by atoms with Gasteiger partial charge in [-0.1, -0.05) is 36.6 Å². The van der Waals surface area contributed by atoms with Gasteiger partial charge in [0.2, 0.25) is 0 Å². The molecule has 2 unspecified atom stereocenters. The summed E-state index contributed by atoms with van der Waals surface area (Å²) in [6, 6.07) is 14.1. The third kappa shape index (κ3) is 3.78. The van der Waals surface area contributed by atoms with E-state index in [2.05, 4.69) is 0 Å². The van der Waals surface area contributed by atoms with Crippen molar-refractivity contribution in [1.29, 1.82) is 0 Å². The van der Waals surface area contributed by atoms with E-state index in [0.29, 0.717) is 23.2 Å². The molecule has 4 rings (SSSR count). The Balaban J connectivity index is 1.59. The first-order valence-electron chi connectivity index (χ1n) is 10.3. The van der Waals surface area contributed by atoms with E-state index in [4.69, 9.17) is 0 Å². The molecule has 0 N–H and O–H groups in total. The van der Waals surface area contributed by atoms with E-state index in [-0.39, 0.29) is 10.8 Å². The second-order valence-electron chi connectivity index (χ2n) is 8.24. The van der Waals surface area contributed by atoms with Crippen LogP contribution in [0, 0.1) is 12.8 Å². The van der Waals surface area contributed by atoms with E-state index in [9.17, 15) is 13.2 Å². The molecule has 2 aliphatic rings. The van der Waals surface area contributed by atoms with Gasteiger partial charge in [-0.2, -0.15) is 0 Å². The molecule has 29 heavy (non-hydrogen) atoms. The number of rotatable bonds is 4. The molecule has 2 atom stereocenters. The van der Waals surface area contributed by atoms with Gasteiger partial charge in [0.1, 0.15) is 0 Å². The van der Waals surface area contributed by atoms with Gasteiger partial charge >= 0.3 is 0 Å². The van der Waals surface area contributed by atoms with Gasteiger partial charge < -0.3 is 4.90 Å². The van der Waals surface area contributed by atoms with Crippen LogP contribution in [0.15, 0.2) is 53.4 Å². The number of nitrogens with zero attached hydrogens (tertiary/aromatic N) is 2. The van der Waals surface area contributed by atoms with Gasteiger partial charge in [0.15, 0.2) is 0 Å². The number of carbonyl (C=O) groups is 1. The van der Waals surface area contributed by atoms with Gasteiger partial charge in [-0.05, 0) is 62.4 Å². The normalized spacial score (nSPS) is 21.7. The smallest absolute Gasteiger partial charge is 0.264 e. The minimum atomic E-state index is -3.75. The highest BCUT2D eigenvalue weighted by Crippen LogP contribution is 2.37. The monoisotopic (exact) mass is 412 g/mol. The summed E-state index contributed by atoms with van der Waals surface area (Å²) >= 11 is 0. The van der Waals surface area contributed by atoms with Crippen molar-refractivity contribution >= 4 is 21.6 Å². The molecule has 1 heterocycles. The predicted molar refractivity (Wildman–Crippen MR) is 115 cm³/mol. The maximum atomic E-state index is 13.2. The van der Waals surface area contributed by atoms with E-state index in [1.807, 2.05) is 24.0 Å². The minimum absolute atomic E-state index is 0.0468. The van der Waals surface area contributed by atoms with Gasteiger partial charge in [-0.15, -0.1) is 0 Å². The lowest BCUT2D eigenvalue weighted by Crippen LogP contribution is -2.39. The molecule has 154 valence electrons. The Kier molecular flexibility index (Phi) is 5.38. The maximum absolute atomic E-state index is 13.2. The van der Waals surface area contributed by atoms with E-state index >= 15 is 0 Å². The van der Waals surface area contributed by atoms with Crippen molar-refractivity contribution in [2.75, 3.05) is 17.9 Å². The number of amides is 1. The van der Waals surface area contributed by atoms with Crippen LogP contribution in [0.3, 0.4) is 0 Å². The van der Waals surface area contributed by atoms with Crippen LogP contribution in [0.5, 0.6) is 0 Å². The minimum Gasteiger partial charge on any atom is -0.335 e. The maximum Gasteiger partial charge on any atom is 0.264 e. The molecular formula is C23H28N2O3S. The summed E-state index contributed by atoms with van der Waals surface area (Å²) in [6.07, 6.45) is 5.74. The first-order chi connectivity index (χ1) is 13.9. The molecule has 1 saturated carbocycles. The van der Waals surface area contributed by atoms with Gasteiger partial charge in [-0.3, -0.25) is 9.10 Å². The summed E-state index contributed by atoms with van der Waals surface area (Å²) in [6.45, 7) is 2.73. The average Bonchev–Trinajstić information content (AvgIpc) is 3.17. The second kappa shape index (κ2) is 7.82. The third-order valence-corrected chi connectivity index (χ3v) is 8.19. The van der Waals surface area contributed by atoms with E-state index < -0.39 is 10.0 Å². The Hall–Kier alpha value is -2.34. The molecule has 1 aliphatic heterocycles. The number of hydrogen-bond acceptors (Lipinski definition) is 3. The average molecular weight is 413 g/mol. The highest BCUT2D eigenvalue weighted by atomic mass is 32.2. The summed E-state index contributed by atoms with van der Waals surface area (Å²) in [5.41, 5.74) is 2.12. The first-order valence-corrected chi connectivity index (χ1v) is 11.8. The number of aryl methyl sites for hydroxylation is 1. The van der Waals surface area contributed by atoms with E-state index in [1.165, 1.54) is 29.6 Å². The Labute approximate surface area is 173 Å². The molecule has 1 saturated heterocycles. The van der Waals surface area contributed by atoms with Crippen molar-refractivity contribution in [3.05, 3.63) is 59.7 Å². The number of benzene rings is 2. The van der Waals surface area contributed by atoms with E-state index in [1.54, 1.807) is 37.4 Å². The molecule has 0 spiro atoms. The first kappa shape index (κ1) is 20.0. The van der Waals surface area contributed by atoms with Crippen LogP contribution in [-0.4, -0.2) is 38.9 Å². The lowest BCUT2D eigenvalue weighted by atomic mass is 9.85. The van der Waals surface area contributed by atoms with Gasteiger partial charge in [0.05, 0.1) is 10.6 Å². The molecule has 0 aromatic heterocycles. The Morgan fingerprint density at radius 3 is 2.52 bits per heavy atom. The number of hydrogen-bond donors (Lipinski definition) is 0. The molecular weight excluding hydrogens is 384 g/mol. The fourth-order valence-electron chi connectivity index (χ4n) is 4.67. The highest BCUT2D eigenvalue weighted by molar-refractivity contribution is 7.92. The van der Waals surface area contributed by atoms with Gasteiger partial charge in [0, 0.05) is 25.2 Å². The summed E-state index contributed by atoms with van der Waals surface area (Å²) in [5.74, 6) is 0.557. The molecule has 2 aromatic rings. The van der Waals surface area contributed by atoms with Crippen LogP contribution >= 0.6 is 0 Å². The number of carbonyl (C=O) groups excluding carboxylic acids is 1. The summed E-state index contributed by atoms with van der Waals surface area (Å²) < 4.78 is 27.6. The van der Waals surface area contributed by atoms with Crippen molar-refractivity contribution < 1.29 is 13.2 Å². The Morgan fingerprint density at radius 1 is 1.03 bits per heavy atom. The molecule has 2 fully saturated rings. The van der Waals surface area contributed by atoms with Crippen LogP contribution in [-0.2, 0) is 10.0 Å². The summed E-state index contributed by atoms with van der Waals surface area (Å²) in [7, 11) is -2.20. The van der Waals surface area contributed by atoms with Gasteiger partial charge in [0.25, 0.3) is 15.9 Å². The van der Waals surface area contributed by atoms with Crippen molar-refractivity contribution in [3.8, 4) is 0 Å². The fourth-order valence-corrected chi connectivity index (χ4v) is 5.91. The van der Waals surface area contributed by atoms with Crippen molar-refractivity contribution in [3.63, 3.8) is 0 Å². The van der Waals surface area contributed by atoms with Gasteiger partial charge in [-0.25, -0.2) is 8.42 Å². The van der Waals surface area contributed by atoms with E-state index in [0.717, 1.165) is 24.9 Å². The molecule has 6 heteroatoms. The predicted octanol–water partition coefficient (Wildman–Crippen LogP) is 4.22. The Morgan fingerprint density at radius 2 is 1.76 bits per heavy atom. The second-order valence-corrected chi connectivity index (χ2v) is 10.2. The zero-order valence-corrected chi connectivity index (χ0v) is 17.9.